The molecule has 0 aromatic rings. The fourth-order valence-electron chi connectivity index (χ4n) is 0.776. The Morgan fingerprint density at radius 1 is 1.30 bits per heavy atom. The number of rotatable bonds is 6. The van der Waals surface area contributed by atoms with Crippen molar-refractivity contribution in [3.63, 3.8) is 0 Å². The van der Waals surface area contributed by atoms with Gasteiger partial charge in [-0.3, -0.25) is 0 Å². The number of hydrogen-bond donors (Lipinski definition) is 2. The summed E-state index contributed by atoms with van der Waals surface area (Å²) in [5, 5.41) is 0. The lowest BCUT2D eigenvalue weighted by atomic mass is 10.1. The maximum absolute atomic E-state index is 4.90. The highest BCUT2D eigenvalue weighted by Gasteiger charge is 2.04. The normalized spacial score (nSPS) is 13.5. The molecule has 10 heavy (non-hydrogen) atoms. The van der Waals surface area contributed by atoms with Gasteiger partial charge < -0.3 is 9.68 Å². The Kier molecular flexibility index (Phi) is 6.84. The second-order valence-electron chi connectivity index (χ2n) is 2.27. The van der Waals surface area contributed by atoms with E-state index in [0.717, 1.165) is 12.8 Å². The number of nitrogens with two attached hydrogens (primary N) is 2. The lowest BCUT2D eigenvalue weighted by Crippen LogP contribution is -2.15. The molecule has 4 heteroatoms. The van der Waals surface area contributed by atoms with Gasteiger partial charge in [0.1, 0.15) is 0 Å². The standard InChI is InChI=1S/C6H16N2O2/c1-2-6(5-10-8)3-4-9-7/h6H,2-5,7-8H2,1H3. The van der Waals surface area contributed by atoms with E-state index in [1.54, 1.807) is 0 Å². The summed E-state index contributed by atoms with van der Waals surface area (Å²) in [6, 6.07) is 0. The van der Waals surface area contributed by atoms with Crippen molar-refractivity contribution in [2.45, 2.75) is 19.8 Å². The minimum atomic E-state index is 0.466. The Labute approximate surface area is 61.4 Å². The third-order valence-corrected chi connectivity index (χ3v) is 1.55. The van der Waals surface area contributed by atoms with E-state index in [1.807, 2.05) is 0 Å². The average Bonchev–Trinajstić information content (AvgIpc) is 1.98. The molecule has 0 radical (unpaired) electrons. The van der Waals surface area contributed by atoms with Crippen molar-refractivity contribution in [2.75, 3.05) is 13.2 Å². The first-order valence-electron chi connectivity index (χ1n) is 3.48. The van der Waals surface area contributed by atoms with Gasteiger partial charge in [0.05, 0.1) is 13.2 Å². The van der Waals surface area contributed by atoms with E-state index >= 15 is 0 Å². The Bertz CT molecular complexity index is 70.8. The van der Waals surface area contributed by atoms with Gasteiger partial charge in [0, 0.05) is 0 Å². The van der Waals surface area contributed by atoms with E-state index in [1.165, 1.54) is 0 Å². The fourth-order valence-corrected chi connectivity index (χ4v) is 0.776. The molecule has 0 fully saturated rings. The van der Waals surface area contributed by atoms with Crippen LogP contribution in [0, 0.1) is 5.92 Å². The van der Waals surface area contributed by atoms with E-state index < -0.39 is 0 Å². The summed E-state index contributed by atoms with van der Waals surface area (Å²) >= 11 is 0. The van der Waals surface area contributed by atoms with Crippen LogP contribution in [-0.4, -0.2) is 13.2 Å². The van der Waals surface area contributed by atoms with Crippen molar-refractivity contribution in [1.82, 2.24) is 0 Å². The van der Waals surface area contributed by atoms with Crippen molar-refractivity contribution in [3.8, 4) is 0 Å². The molecule has 0 aromatic carbocycles. The van der Waals surface area contributed by atoms with E-state index in [9.17, 15) is 0 Å². The molecule has 0 aliphatic heterocycles. The van der Waals surface area contributed by atoms with Gasteiger partial charge in [-0.2, -0.15) is 0 Å². The Hall–Kier alpha value is -0.160. The van der Waals surface area contributed by atoms with Gasteiger partial charge in [0.2, 0.25) is 0 Å². The van der Waals surface area contributed by atoms with Gasteiger partial charge in [0.25, 0.3) is 0 Å². The molecule has 0 amide bonds. The third-order valence-electron chi connectivity index (χ3n) is 1.55. The molecule has 4 N–H and O–H groups in total. The number of hydrogen-bond acceptors (Lipinski definition) is 4. The molecule has 0 bridgehead atoms. The van der Waals surface area contributed by atoms with Crippen LogP contribution < -0.4 is 11.8 Å². The smallest absolute Gasteiger partial charge is 0.0708 e. The third kappa shape index (κ3) is 4.69. The van der Waals surface area contributed by atoms with Crippen molar-refractivity contribution in [3.05, 3.63) is 0 Å². The highest BCUT2D eigenvalue weighted by Crippen LogP contribution is 2.06. The Morgan fingerprint density at radius 3 is 2.40 bits per heavy atom. The van der Waals surface area contributed by atoms with Crippen molar-refractivity contribution in [2.24, 2.45) is 17.7 Å². The van der Waals surface area contributed by atoms with Crippen LogP contribution in [0.25, 0.3) is 0 Å². The topological polar surface area (TPSA) is 70.5 Å². The summed E-state index contributed by atoms with van der Waals surface area (Å²) in [5.74, 6) is 10.2. The molecule has 62 valence electrons. The molecule has 0 aliphatic rings. The molecule has 0 rings (SSSR count). The van der Waals surface area contributed by atoms with E-state index in [4.69, 9.17) is 11.8 Å². The zero-order valence-electron chi connectivity index (χ0n) is 6.38. The predicted molar refractivity (Wildman–Crippen MR) is 38.7 cm³/mol. The zero-order valence-corrected chi connectivity index (χ0v) is 6.38. The molecule has 4 nitrogen and oxygen atoms in total. The summed E-state index contributed by atoms with van der Waals surface area (Å²) in [6.07, 6.45) is 1.95. The Morgan fingerprint density at radius 2 is 2.00 bits per heavy atom. The second-order valence-corrected chi connectivity index (χ2v) is 2.27. The van der Waals surface area contributed by atoms with Crippen LogP contribution >= 0.6 is 0 Å². The van der Waals surface area contributed by atoms with Crippen molar-refractivity contribution < 1.29 is 9.68 Å². The van der Waals surface area contributed by atoms with E-state index in [0.29, 0.717) is 19.1 Å². The summed E-state index contributed by atoms with van der Waals surface area (Å²) < 4.78 is 0. The van der Waals surface area contributed by atoms with Gasteiger partial charge >= 0.3 is 0 Å². The van der Waals surface area contributed by atoms with Crippen LogP contribution in [0.4, 0.5) is 0 Å². The zero-order chi connectivity index (χ0) is 7.82. The highest BCUT2D eigenvalue weighted by molar-refractivity contribution is 4.53. The first kappa shape index (κ1) is 9.84. The minimum Gasteiger partial charge on any atom is -0.305 e. The van der Waals surface area contributed by atoms with Gasteiger partial charge in [0.15, 0.2) is 0 Å². The lowest BCUT2D eigenvalue weighted by Gasteiger charge is -2.10. The second kappa shape index (κ2) is 6.95. The molecule has 0 heterocycles. The van der Waals surface area contributed by atoms with Crippen molar-refractivity contribution in [1.29, 1.82) is 0 Å². The molecular formula is C6H16N2O2. The monoisotopic (exact) mass is 148 g/mol. The molecule has 0 aliphatic carbocycles. The summed E-state index contributed by atoms with van der Waals surface area (Å²) in [6.45, 7) is 3.24. The van der Waals surface area contributed by atoms with Crippen LogP contribution in [0.1, 0.15) is 19.8 Å². The van der Waals surface area contributed by atoms with Gasteiger partial charge in [-0.05, 0) is 12.3 Å². The van der Waals surface area contributed by atoms with Gasteiger partial charge in [-0.15, -0.1) is 0 Å². The highest BCUT2D eigenvalue weighted by atomic mass is 16.6. The van der Waals surface area contributed by atoms with Crippen LogP contribution in [0.5, 0.6) is 0 Å². The summed E-state index contributed by atoms with van der Waals surface area (Å²) in [4.78, 5) is 8.92. The molecule has 0 spiro atoms. The molecule has 0 saturated carbocycles. The lowest BCUT2D eigenvalue weighted by molar-refractivity contribution is 0.0696. The van der Waals surface area contributed by atoms with Crippen LogP contribution in [0.3, 0.4) is 0 Å². The largest absolute Gasteiger partial charge is 0.305 e. The molecule has 0 aromatic heterocycles. The fraction of sp³-hybridized carbons (Fsp3) is 1.00. The predicted octanol–water partition coefficient (Wildman–Crippen LogP) is 0.183. The van der Waals surface area contributed by atoms with Crippen LogP contribution in [-0.2, 0) is 9.68 Å². The van der Waals surface area contributed by atoms with Crippen molar-refractivity contribution >= 4 is 0 Å². The molecule has 1 atom stereocenters. The first-order valence-corrected chi connectivity index (χ1v) is 3.48. The van der Waals surface area contributed by atoms with E-state index in [-0.39, 0.29) is 0 Å². The van der Waals surface area contributed by atoms with Crippen LogP contribution in [0.2, 0.25) is 0 Å². The molecule has 0 saturated heterocycles. The average molecular weight is 148 g/mol. The van der Waals surface area contributed by atoms with E-state index in [2.05, 4.69) is 16.6 Å². The maximum Gasteiger partial charge on any atom is 0.0708 e. The summed E-state index contributed by atoms with van der Waals surface area (Å²) in [5.41, 5.74) is 0. The Balaban J connectivity index is 3.21. The molecule has 1 unspecified atom stereocenters. The van der Waals surface area contributed by atoms with Gasteiger partial charge in [-0.25, -0.2) is 11.8 Å². The van der Waals surface area contributed by atoms with Gasteiger partial charge in [-0.1, -0.05) is 13.3 Å². The maximum atomic E-state index is 4.90. The summed E-state index contributed by atoms with van der Waals surface area (Å²) in [7, 11) is 0. The SMILES string of the molecule is CCC(CCON)CON. The molecular weight excluding hydrogens is 132 g/mol. The minimum absolute atomic E-state index is 0.466. The quantitative estimate of drug-likeness (QED) is 0.527. The first-order chi connectivity index (χ1) is 4.85. The van der Waals surface area contributed by atoms with Crippen LogP contribution in [0.15, 0.2) is 0 Å².